The molecule has 1 aliphatic rings. The summed E-state index contributed by atoms with van der Waals surface area (Å²) in [5.41, 5.74) is 9.83. The fraction of sp³-hybridized carbons (Fsp3) is 0.0435. The smallest absolute Gasteiger partial charge is 0.147 e. The number of benzene rings is 8. The van der Waals surface area contributed by atoms with Gasteiger partial charge >= 0.3 is 0 Å². The topological polar surface area (TPSA) is 26.3 Å². The average Bonchev–Trinajstić information content (AvgIpc) is 3.95. The second-order valence-electron chi connectivity index (χ2n) is 13.4. The van der Waals surface area contributed by atoms with E-state index in [1.807, 2.05) is 35.2 Å². The van der Waals surface area contributed by atoms with Crippen LogP contribution in [0.3, 0.4) is 0 Å². The molecule has 0 N–H and O–H groups in total. The zero-order valence-corrected chi connectivity index (χ0v) is 28.4. The largest absolute Gasteiger partial charge is 0.455 e. The first-order valence-electron chi connectivity index (χ1n) is 17.1. The molecule has 12 rings (SSSR count). The molecule has 8 aromatic carbocycles. The van der Waals surface area contributed by atoms with Crippen molar-refractivity contribution in [1.29, 1.82) is 0 Å². The van der Waals surface area contributed by atoms with Crippen LogP contribution in [0.2, 0.25) is 0 Å². The van der Waals surface area contributed by atoms with Crippen molar-refractivity contribution < 1.29 is 8.83 Å². The molecule has 11 aromatic rings. The van der Waals surface area contributed by atoms with Crippen molar-refractivity contribution in [2.45, 2.75) is 11.3 Å². The highest BCUT2D eigenvalue weighted by molar-refractivity contribution is 7.99. The van der Waals surface area contributed by atoms with Gasteiger partial charge in [-0.15, -0.1) is 23.1 Å². The van der Waals surface area contributed by atoms with E-state index in [0.29, 0.717) is 0 Å². The summed E-state index contributed by atoms with van der Waals surface area (Å²) < 4.78 is 16.2. The maximum absolute atomic E-state index is 6.82. The lowest BCUT2D eigenvalue weighted by Gasteiger charge is -2.18. The van der Waals surface area contributed by atoms with Crippen LogP contribution in [-0.4, -0.2) is 5.75 Å². The molecule has 1 aliphatic heterocycles. The number of thioether (sulfide) groups is 1. The van der Waals surface area contributed by atoms with Crippen LogP contribution in [0.25, 0.3) is 108 Å². The van der Waals surface area contributed by atoms with E-state index >= 15 is 0 Å². The summed E-state index contributed by atoms with van der Waals surface area (Å²) in [5, 5.41) is 11.9. The Balaban J connectivity index is 1.24. The van der Waals surface area contributed by atoms with Gasteiger partial charge in [0.2, 0.25) is 0 Å². The second kappa shape index (κ2) is 10.0. The molecule has 234 valence electrons. The first kappa shape index (κ1) is 27.3. The van der Waals surface area contributed by atoms with Crippen LogP contribution in [-0.2, 0) is 6.42 Å². The molecular weight excluding hydrogens is 649 g/mol. The first-order chi connectivity index (χ1) is 24.8. The second-order valence-corrected chi connectivity index (χ2v) is 15.6. The molecular formula is C46H26O2S2. The third kappa shape index (κ3) is 3.59. The van der Waals surface area contributed by atoms with Gasteiger partial charge in [0.25, 0.3) is 0 Å². The monoisotopic (exact) mass is 674 g/mol. The molecule has 0 unspecified atom stereocenters. The summed E-state index contributed by atoms with van der Waals surface area (Å²) in [6.07, 6.45) is 1.16. The summed E-state index contributed by atoms with van der Waals surface area (Å²) >= 11 is 3.93. The van der Waals surface area contributed by atoms with Crippen molar-refractivity contribution in [2.75, 3.05) is 5.75 Å². The molecule has 0 saturated heterocycles. The van der Waals surface area contributed by atoms with E-state index in [-0.39, 0.29) is 0 Å². The third-order valence-electron chi connectivity index (χ3n) is 10.8. The number of thiophene rings is 1. The van der Waals surface area contributed by atoms with Gasteiger partial charge in [0, 0.05) is 63.7 Å². The lowest BCUT2D eigenvalue weighted by Crippen LogP contribution is -1.91. The van der Waals surface area contributed by atoms with Crippen molar-refractivity contribution in [1.82, 2.24) is 0 Å². The minimum Gasteiger partial charge on any atom is -0.455 e. The molecule has 2 nitrogen and oxygen atoms in total. The first-order valence-corrected chi connectivity index (χ1v) is 18.9. The van der Waals surface area contributed by atoms with Crippen LogP contribution in [0, 0.1) is 0 Å². The number of hydrogen-bond acceptors (Lipinski definition) is 4. The highest BCUT2D eigenvalue weighted by atomic mass is 32.2. The zero-order valence-electron chi connectivity index (χ0n) is 26.7. The zero-order chi connectivity index (χ0) is 32.5. The van der Waals surface area contributed by atoms with Gasteiger partial charge in [-0.2, -0.15) is 0 Å². The van der Waals surface area contributed by atoms with Gasteiger partial charge in [-0.25, -0.2) is 0 Å². The Morgan fingerprint density at radius 2 is 1.06 bits per heavy atom. The number of furan rings is 2. The summed E-state index contributed by atoms with van der Waals surface area (Å²) in [6, 6.07) is 48.7. The number of fused-ring (bicyclic) bond motifs is 13. The predicted molar refractivity (Wildman–Crippen MR) is 214 cm³/mol. The molecule has 0 radical (unpaired) electrons. The lowest BCUT2D eigenvalue weighted by atomic mass is 9.85. The van der Waals surface area contributed by atoms with E-state index in [0.717, 1.165) is 55.9 Å². The van der Waals surface area contributed by atoms with Crippen LogP contribution < -0.4 is 0 Å². The van der Waals surface area contributed by atoms with Crippen LogP contribution in [0.4, 0.5) is 0 Å². The Kier molecular flexibility index (Phi) is 5.46. The van der Waals surface area contributed by atoms with E-state index in [1.165, 1.54) is 74.6 Å². The molecule has 0 spiro atoms. The summed E-state index contributed by atoms with van der Waals surface area (Å²) in [7, 11) is 0. The molecule has 0 saturated carbocycles. The van der Waals surface area contributed by atoms with Gasteiger partial charge in [0.05, 0.1) is 5.39 Å². The van der Waals surface area contributed by atoms with Crippen LogP contribution in [0.15, 0.2) is 147 Å². The van der Waals surface area contributed by atoms with E-state index in [1.54, 1.807) is 0 Å². The SMILES string of the molecule is c1ccc2c(c1)oc1c2cc(-c2c3ccccc3c(-c3cccc4c3sc3cc5c(cc34)SCC5)c3ccccc23)c2oc3ccccc3c21. The fourth-order valence-electron chi connectivity index (χ4n) is 8.62. The number of para-hydroxylation sites is 2. The van der Waals surface area contributed by atoms with Crippen molar-refractivity contribution in [3.8, 4) is 22.3 Å². The fourth-order valence-corrected chi connectivity index (χ4v) is 11.0. The van der Waals surface area contributed by atoms with Crippen molar-refractivity contribution in [3.05, 3.63) is 139 Å². The molecule has 0 bridgehead atoms. The maximum Gasteiger partial charge on any atom is 0.147 e. The Hall–Kier alpha value is -5.55. The van der Waals surface area contributed by atoms with E-state index in [2.05, 4.69) is 121 Å². The van der Waals surface area contributed by atoms with Gasteiger partial charge < -0.3 is 8.83 Å². The lowest BCUT2D eigenvalue weighted by molar-refractivity contribution is 0.663. The van der Waals surface area contributed by atoms with Gasteiger partial charge in [-0.05, 0) is 69.4 Å². The number of aryl methyl sites for hydroxylation is 1. The average molecular weight is 675 g/mol. The van der Waals surface area contributed by atoms with Gasteiger partial charge in [0.15, 0.2) is 0 Å². The quantitative estimate of drug-likeness (QED) is 0.171. The van der Waals surface area contributed by atoms with Gasteiger partial charge in [0.1, 0.15) is 22.3 Å². The predicted octanol–water partition coefficient (Wildman–Crippen LogP) is 14.1. The Morgan fingerprint density at radius 3 is 1.80 bits per heavy atom. The normalized spacial score (nSPS) is 13.4. The highest BCUT2D eigenvalue weighted by Gasteiger charge is 2.25. The van der Waals surface area contributed by atoms with E-state index in [4.69, 9.17) is 8.83 Å². The summed E-state index contributed by atoms with van der Waals surface area (Å²) in [5.74, 6) is 1.18. The highest BCUT2D eigenvalue weighted by Crippen LogP contribution is 2.51. The minimum absolute atomic E-state index is 0.860. The molecule has 3 aromatic heterocycles. The van der Waals surface area contributed by atoms with Crippen molar-refractivity contribution in [3.63, 3.8) is 0 Å². The number of hydrogen-bond donors (Lipinski definition) is 0. The molecule has 50 heavy (non-hydrogen) atoms. The summed E-state index contributed by atoms with van der Waals surface area (Å²) in [6.45, 7) is 0. The molecule has 0 amide bonds. The minimum atomic E-state index is 0.860. The standard InChI is InChI=1S/C46H26O2S2/c1-3-13-29-27(11-1)41(33-17-9-16-31-34-24-39-25(20-21-49-39)22-40(34)50-46(31)33)28-12-2-4-14-30(28)42(29)36-23-35-26-10-5-7-18-37(26)47-44(35)43-32-15-6-8-19-38(32)48-45(36)43/h1-19,22-24H,20-21H2. The van der Waals surface area contributed by atoms with Crippen molar-refractivity contribution >= 4 is 109 Å². The molecule has 0 fully saturated rings. The number of rotatable bonds is 2. The maximum atomic E-state index is 6.82. The van der Waals surface area contributed by atoms with Crippen LogP contribution >= 0.6 is 23.1 Å². The summed E-state index contributed by atoms with van der Waals surface area (Å²) in [4.78, 5) is 1.45. The molecule has 0 atom stereocenters. The Bertz CT molecular complexity index is 3190. The third-order valence-corrected chi connectivity index (χ3v) is 13.1. The van der Waals surface area contributed by atoms with Crippen LogP contribution in [0.5, 0.6) is 0 Å². The van der Waals surface area contributed by atoms with Crippen LogP contribution in [0.1, 0.15) is 5.56 Å². The molecule has 0 aliphatic carbocycles. The van der Waals surface area contributed by atoms with E-state index in [9.17, 15) is 0 Å². The van der Waals surface area contributed by atoms with Crippen molar-refractivity contribution in [2.24, 2.45) is 0 Å². The van der Waals surface area contributed by atoms with Gasteiger partial charge in [-0.3, -0.25) is 0 Å². The van der Waals surface area contributed by atoms with E-state index < -0.39 is 0 Å². The Morgan fingerprint density at radius 1 is 0.460 bits per heavy atom. The molecule has 4 heterocycles. The Labute approximate surface area is 294 Å². The van der Waals surface area contributed by atoms with Gasteiger partial charge in [-0.1, -0.05) is 103 Å². The molecule has 4 heteroatoms.